The molecule has 2 rings (SSSR count). The number of Topliss-reactive ketones (excluding diaryl/α,β-unsaturated/α-hetero) is 1. The number of carbonyl (C=O) groups excluding carboxylic acids is 1. The van der Waals surface area contributed by atoms with E-state index in [4.69, 9.17) is 10.00 Å². The number of nitriles is 2. The van der Waals surface area contributed by atoms with Crippen LogP contribution in [0, 0.1) is 22.7 Å². The molecule has 0 aliphatic carbocycles. The van der Waals surface area contributed by atoms with E-state index >= 15 is 0 Å². The molecule has 0 bridgehead atoms. The minimum absolute atomic E-state index is 0.0227. The Balaban J connectivity index is 2.21. The zero-order chi connectivity index (χ0) is 15.8. The molecule has 0 N–H and O–H groups in total. The van der Waals surface area contributed by atoms with Gasteiger partial charge < -0.3 is 4.74 Å². The number of benzene rings is 2. The van der Waals surface area contributed by atoms with Crippen LogP contribution in [0.1, 0.15) is 15.9 Å². The zero-order valence-corrected chi connectivity index (χ0v) is 11.7. The summed E-state index contributed by atoms with van der Waals surface area (Å²) in [5.41, 5.74) is 1.26. The number of hydrogen-bond donors (Lipinski definition) is 0. The molecule has 0 radical (unpaired) electrons. The van der Waals surface area contributed by atoms with Crippen LogP contribution >= 0.6 is 0 Å². The van der Waals surface area contributed by atoms with Gasteiger partial charge in [-0.05, 0) is 23.8 Å². The number of ether oxygens (including phenoxy) is 1. The second-order valence-electron chi connectivity index (χ2n) is 4.38. The standard InChI is InChI=1S/C18H12N2O2/c19-10-11-22-17-8-6-14(7-9-17)12-16(13-20)18(21)15-4-2-1-3-5-15/h1-9,12H,11H2. The van der Waals surface area contributed by atoms with Crippen molar-refractivity contribution in [3.8, 4) is 17.9 Å². The Bertz CT molecular complexity index is 763. The SMILES string of the molecule is N#CCOc1ccc(C=C(C#N)C(=O)c2ccccc2)cc1. The van der Waals surface area contributed by atoms with Crippen molar-refractivity contribution in [3.63, 3.8) is 0 Å². The molecular formula is C18H12N2O2. The van der Waals surface area contributed by atoms with Crippen molar-refractivity contribution in [2.24, 2.45) is 0 Å². The second-order valence-corrected chi connectivity index (χ2v) is 4.38. The summed E-state index contributed by atoms with van der Waals surface area (Å²) >= 11 is 0. The predicted octanol–water partition coefficient (Wildman–Crippen LogP) is 3.38. The molecule has 0 aromatic heterocycles. The molecule has 22 heavy (non-hydrogen) atoms. The molecule has 0 saturated carbocycles. The van der Waals surface area contributed by atoms with Crippen molar-refractivity contribution in [2.45, 2.75) is 0 Å². The van der Waals surface area contributed by atoms with E-state index in [0.717, 1.165) is 0 Å². The third-order valence-electron chi connectivity index (χ3n) is 2.90. The summed E-state index contributed by atoms with van der Waals surface area (Å²) in [6.45, 7) is -0.0227. The number of ketones is 1. The third kappa shape index (κ3) is 3.82. The van der Waals surface area contributed by atoms with Crippen LogP contribution in [0.25, 0.3) is 6.08 Å². The van der Waals surface area contributed by atoms with Gasteiger partial charge in [-0.1, -0.05) is 42.5 Å². The first-order valence-corrected chi connectivity index (χ1v) is 6.56. The van der Waals surface area contributed by atoms with Gasteiger partial charge in [-0.2, -0.15) is 10.5 Å². The molecule has 4 heteroatoms. The Morgan fingerprint density at radius 1 is 1.05 bits per heavy atom. The molecule has 106 valence electrons. The van der Waals surface area contributed by atoms with Crippen LogP contribution in [-0.4, -0.2) is 12.4 Å². The smallest absolute Gasteiger partial charge is 0.203 e. The highest BCUT2D eigenvalue weighted by atomic mass is 16.5. The molecule has 4 nitrogen and oxygen atoms in total. The van der Waals surface area contributed by atoms with Crippen molar-refractivity contribution < 1.29 is 9.53 Å². The molecule has 2 aromatic rings. The molecule has 0 aliphatic rings. The van der Waals surface area contributed by atoms with E-state index < -0.39 is 0 Å². The van der Waals surface area contributed by atoms with Crippen molar-refractivity contribution in [1.82, 2.24) is 0 Å². The molecule has 0 unspecified atom stereocenters. The minimum Gasteiger partial charge on any atom is -0.479 e. The second kappa shape index (κ2) is 7.42. The largest absolute Gasteiger partial charge is 0.479 e. The van der Waals surface area contributed by atoms with Crippen molar-refractivity contribution in [1.29, 1.82) is 10.5 Å². The number of allylic oxidation sites excluding steroid dienone is 1. The van der Waals surface area contributed by atoms with Gasteiger partial charge in [0.15, 0.2) is 6.61 Å². The highest BCUT2D eigenvalue weighted by Crippen LogP contribution is 2.16. The van der Waals surface area contributed by atoms with E-state index in [0.29, 0.717) is 16.9 Å². The highest BCUT2D eigenvalue weighted by molar-refractivity contribution is 6.13. The Morgan fingerprint density at radius 2 is 1.73 bits per heavy atom. The normalized spacial score (nSPS) is 10.4. The lowest BCUT2D eigenvalue weighted by atomic mass is 10.0. The van der Waals surface area contributed by atoms with E-state index in [1.165, 1.54) is 6.08 Å². The quantitative estimate of drug-likeness (QED) is 0.480. The lowest BCUT2D eigenvalue weighted by Gasteiger charge is -2.02. The van der Waals surface area contributed by atoms with Crippen molar-refractivity contribution in [3.05, 3.63) is 71.3 Å². The van der Waals surface area contributed by atoms with Crippen molar-refractivity contribution >= 4 is 11.9 Å². The van der Waals surface area contributed by atoms with Gasteiger partial charge in [0.05, 0.1) is 0 Å². The zero-order valence-electron chi connectivity index (χ0n) is 11.7. The first kappa shape index (κ1) is 15.0. The monoisotopic (exact) mass is 288 g/mol. The summed E-state index contributed by atoms with van der Waals surface area (Å²) in [4.78, 5) is 12.2. The van der Waals surface area contributed by atoms with E-state index in [-0.39, 0.29) is 18.0 Å². The summed E-state index contributed by atoms with van der Waals surface area (Å²) in [7, 11) is 0. The summed E-state index contributed by atoms with van der Waals surface area (Å²) in [5.74, 6) is 0.250. The number of rotatable bonds is 5. The van der Waals surface area contributed by atoms with Crippen LogP contribution in [0.3, 0.4) is 0 Å². The van der Waals surface area contributed by atoms with E-state index in [9.17, 15) is 10.1 Å². The van der Waals surface area contributed by atoms with Gasteiger partial charge in [-0.25, -0.2) is 0 Å². The summed E-state index contributed by atoms with van der Waals surface area (Å²) in [5, 5.41) is 17.6. The Morgan fingerprint density at radius 3 is 2.32 bits per heavy atom. The van der Waals surface area contributed by atoms with Crippen LogP contribution in [0.15, 0.2) is 60.2 Å². The fraction of sp³-hybridized carbons (Fsp3) is 0.0556. The van der Waals surface area contributed by atoms with E-state index in [1.54, 1.807) is 48.5 Å². The molecule has 2 aromatic carbocycles. The fourth-order valence-corrected chi connectivity index (χ4v) is 1.84. The van der Waals surface area contributed by atoms with Crippen LogP contribution in [-0.2, 0) is 0 Å². The number of nitrogens with zero attached hydrogens (tertiary/aromatic N) is 2. The van der Waals surface area contributed by atoms with Gasteiger partial charge in [0.1, 0.15) is 23.5 Å². The van der Waals surface area contributed by atoms with Crippen LogP contribution in [0.4, 0.5) is 0 Å². The Hall–Kier alpha value is -3.37. The lowest BCUT2D eigenvalue weighted by molar-refractivity contribution is 0.104. The summed E-state index contributed by atoms with van der Waals surface area (Å²) in [6.07, 6.45) is 1.53. The fourth-order valence-electron chi connectivity index (χ4n) is 1.84. The molecule has 0 heterocycles. The van der Waals surface area contributed by atoms with E-state index in [2.05, 4.69) is 0 Å². The van der Waals surface area contributed by atoms with Gasteiger partial charge in [0.25, 0.3) is 0 Å². The average molecular weight is 288 g/mol. The highest BCUT2D eigenvalue weighted by Gasteiger charge is 2.11. The number of hydrogen-bond acceptors (Lipinski definition) is 4. The van der Waals surface area contributed by atoms with Gasteiger partial charge in [0, 0.05) is 5.56 Å². The van der Waals surface area contributed by atoms with E-state index in [1.807, 2.05) is 18.2 Å². The Labute approximate surface area is 128 Å². The predicted molar refractivity (Wildman–Crippen MR) is 81.9 cm³/mol. The van der Waals surface area contributed by atoms with Crippen molar-refractivity contribution in [2.75, 3.05) is 6.61 Å². The van der Waals surface area contributed by atoms with Gasteiger partial charge in [-0.3, -0.25) is 4.79 Å². The molecule has 0 fully saturated rings. The van der Waals surface area contributed by atoms with Crippen LogP contribution < -0.4 is 4.74 Å². The summed E-state index contributed by atoms with van der Waals surface area (Å²) < 4.78 is 5.14. The topological polar surface area (TPSA) is 73.9 Å². The average Bonchev–Trinajstić information content (AvgIpc) is 2.59. The van der Waals surface area contributed by atoms with Crippen LogP contribution in [0.2, 0.25) is 0 Å². The molecule has 0 saturated heterocycles. The first-order valence-electron chi connectivity index (χ1n) is 6.56. The molecule has 0 atom stereocenters. The maximum atomic E-state index is 12.2. The first-order chi connectivity index (χ1) is 10.7. The minimum atomic E-state index is -0.312. The molecule has 0 aliphatic heterocycles. The molecule has 0 spiro atoms. The van der Waals surface area contributed by atoms with Gasteiger partial charge in [-0.15, -0.1) is 0 Å². The maximum absolute atomic E-state index is 12.2. The van der Waals surface area contributed by atoms with Crippen LogP contribution in [0.5, 0.6) is 5.75 Å². The summed E-state index contributed by atoms with van der Waals surface area (Å²) in [6, 6.07) is 19.3. The third-order valence-corrected chi connectivity index (χ3v) is 2.90. The lowest BCUT2D eigenvalue weighted by Crippen LogP contribution is -2.01. The molecule has 0 amide bonds. The maximum Gasteiger partial charge on any atom is 0.203 e. The van der Waals surface area contributed by atoms with Gasteiger partial charge >= 0.3 is 0 Å². The molecular weight excluding hydrogens is 276 g/mol. The van der Waals surface area contributed by atoms with Gasteiger partial charge in [0.2, 0.25) is 5.78 Å². The Kier molecular flexibility index (Phi) is 5.07. The number of carbonyl (C=O) groups is 1.